The van der Waals surface area contributed by atoms with Crippen LogP contribution in [0.5, 0.6) is 0 Å². The van der Waals surface area contributed by atoms with E-state index in [0.29, 0.717) is 0 Å². The van der Waals surface area contributed by atoms with E-state index in [4.69, 9.17) is 4.55 Å². The van der Waals surface area contributed by atoms with Crippen molar-refractivity contribution in [1.29, 1.82) is 0 Å². The van der Waals surface area contributed by atoms with Crippen molar-refractivity contribution in [2.45, 2.75) is 25.9 Å². The third-order valence-electron chi connectivity index (χ3n) is 2.75. The summed E-state index contributed by atoms with van der Waals surface area (Å²) in [6, 6.07) is 0.800. The van der Waals surface area contributed by atoms with Crippen LogP contribution in [0.25, 0.3) is 0 Å². The predicted octanol–water partition coefficient (Wildman–Crippen LogP) is 2.73. The summed E-state index contributed by atoms with van der Waals surface area (Å²) in [7, 11) is -4.37. The van der Waals surface area contributed by atoms with Crippen LogP contribution >= 0.6 is 0 Å². The van der Waals surface area contributed by atoms with E-state index in [1.54, 1.807) is 13.8 Å². The van der Waals surface area contributed by atoms with Gasteiger partial charge in [-0.3, -0.25) is 9.54 Å². The van der Waals surface area contributed by atoms with Crippen LogP contribution in [-0.2, 0) is 16.3 Å². The molecule has 0 aliphatic heterocycles. The Kier molecular flexibility index (Phi) is 4.57. The number of aromatic nitrogens is 1. The van der Waals surface area contributed by atoms with Gasteiger partial charge in [0, 0.05) is 18.3 Å². The molecule has 0 fully saturated rings. The highest BCUT2D eigenvalue weighted by molar-refractivity contribution is 7.85. The van der Waals surface area contributed by atoms with Crippen molar-refractivity contribution < 1.29 is 26.1 Å². The SMILES string of the molecule is CC(C)C(CS(=O)(=O)O)c1cnccc1C(F)(F)F. The summed E-state index contributed by atoms with van der Waals surface area (Å²) in [6.07, 6.45) is -2.60. The minimum absolute atomic E-state index is 0.220. The molecule has 0 radical (unpaired) electrons. The third-order valence-corrected chi connectivity index (χ3v) is 3.53. The van der Waals surface area contributed by atoms with E-state index in [1.165, 1.54) is 0 Å². The first-order chi connectivity index (χ1) is 8.52. The van der Waals surface area contributed by atoms with Crippen molar-refractivity contribution in [3.05, 3.63) is 29.6 Å². The number of alkyl halides is 3. The predicted molar refractivity (Wildman–Crippen MR) is 63.2 cm³/mol. The number of hydrogen-bond donors (Lipinski definition) is 1. The number of nitrogens with zero attached hydrogens (tertiary/aromatic N) is 1. The molecule has 0 bridgehead atoms. The number of halogens is 3. The van der Waals surface area contributed by atoms with Gasteiger partial charge < -0.3 is 0 Å². The van der Waals surface area contributed by atoms with Crippen molar-refractivity contribution in [2.75, 3.05) is 5.75 Å². The highest BCUT2D eigenvalue weighted by atomic mass is 32.2. The van der Waals surface area contributed by atoms with Crippen LogP contribution in [0.3, 0.4) is 0 Å². The Balaban J connectivity index is 3.32. The molecule has 0 saturated heterocycles. The van der Waals surface area contributed by atoms with Crippen LogP contribution < -0.4 is 0 Å². The fourth-order valence-corrected chi connectivity index (χ4v) is 2.85. The van der Waals surface area contributed by atoms with Gasteiger partial charge in [0.05, 0.1) is 11.3 Å². The Morgan fingerprint density at radius 2 is 1.95 bits per heavy atom. The minimum atomic E-state index is -4.59. The van der Waals surface area contributed by atoms with Crippen molar-refractivity contribution >= 4 is 10.1 Å². The lowest BCUT2D eigenvalue weighted by atomic mass is 9.88. The molecule has 1 unspecified atom stereocenters. The summed E-state index contributed by atoms with van der Waals surface area (Å²) in [4.78, 5) is 3.62. The summed E-state index contributed by atoms with van der Waals surface area (Å²) in [5.41, 5.74) is -1.15. The van der Waals surface area contributed by atoms with Crippen molar-refractivity contribution in [3.8, 4) is 0 Å². The number of pyridine rings is 1. The average Bonchev–Trinajstić information content (AvgIpc) is 2.23. The molecule has 1 aromatic heterocycles. The lowest BCUT2D eigenvalue weighted by Gasteiger charge is -2.23. The van der Waals surface area contributed by atoms with Gasteiger partial charge in [0.15, 0.2) is 0 Å². The van der Waals surface area contributed by atoms with E-state index in [1.807, 2.05) is 0 Å². The van der Waals surface area contributed by atoms with E-state index < -0.39 is 39.4 Å². The van der Waals surface area contributed by atoms with Crippen LogP contribution in [0.15, 0.2) is 18.5 Å². The van der Waals surface area contributed by atoms with Crippen molar-refractivity contribution in [3.63, 3.8) is 0 Å². The Labute approximate surface area is 109 Å². The summed E-state index contributed by atoms with van der Waals surface area (Å²) in [5.74, 6) is -2.13. The van der Waals surface area contributed by atoms with Crippen LogP contribution in [0.1, 0.15) is 30.9 Å². The molecule has 108 valence electrons. The molecule has 0 saturated carbocycles. The van der Waals surface area contributed by atoms with Crippen LogP contribution in [0.2, 0.25) is 0 Å². The van der Waals surface area contributed by atoms with Crippen molar-refractivity contribution in [2.24, 2.45) is 5.92 Å². The highest BCUT2D eigenvalue weighted by Gasteiger charge is 2.36. The molecule has 4 nitrogen and oxygen atoms in total. The first kappa shape index (κ1) is 15.9. The summed E-state index contributed by atoms with van der Waals surface area (Å²) in [6.45, 7) is 3.17. The molecule has 0 aliphatic carbocycles. The molecule has 8 heteroatoms. The van der Waals surface area contributed by atoms with Gasteiger partial charge in [-0.15, -0.1) is 0 Å². The zero-order valence-corrected chi connectivity index (χ0v) is 11.2. The maximum Gasteiger partial charge on any atom is 0.416 e. The minimum Gasteiger partial charge on any atom is -0.286 e. The second kappa shape index (κ2) is 5.46. The van der Waals surface area contributed by atoms with E-state index in [0.717, 1.165) is 18.5 Å². The second-order valence-electron chi connectivity index (χ2n) is 4.56. The Hall–Kier alpha value is -1.15. The molecular formula is C11H14F3NO3S. The topological polar surface area (TPSA) is 67.3 Å². The Morgan fingerprint density at radius 3 is 2.37 bits per heavy atom. The third kappa shape index (κ3) is 4.46. The quantitative estimate of drug-likeness (QED) is 0.868. The first-order valence-electron chi connectivity index (χ1n) is 5.48. The normalized spacial score (nSPS) is 14.7. The van der Waals surface area contributed by atoms with Crippen LogP contribution in [0.4, 0.5) is 13.2 Å². The molecule has 0 amide bonds. The van der Waals surface area contributed by atoms with Crippen LogP contribution in [-0.4, -0.2) is 23.7 Å². The lowest BCUT2D eigenvalue weighted by molar-refractivity contribution is -0.138. The fourth-order valence-electron chi connectivity index (χ4n) is 1.83. The van der Waals surface area contributed by atoms with Gasteiger partial charge in [0.1, 0.15) is 0 Å². The van der Waals surface area contributed by atoms with Gasteiger partial charge in [0.2, 0.25) is 0 Å². The molecule has 0 spiro atoms. The van der Waals surface area contributed by atoms with Crippen molar-refractivity contribution in [1.82, 2.24) is 4.98 Å². The second-order valence-corrected chi connectivity index (χ2v) is 6.06. The summed E-state index contributed by atoms with van der Waals surface area (Å²) in [5, 5.41) is 0. The van der Waals surface area contributed by atoms with Gasteiger partial charge in [-0.05, 0) is 17.5 Å². The zero-order valence-electron chi connectivity index (χ0n) is 10.3. The molecule has 0 aliphatic rings. The summed E-state index contributed by atoms with van der Waals surface area (Å²) < 4.78 is 69.3. The Morgan fingerprint density at radius 1 is 1.37 bits per heavy atom. The molecule has 1 heterocycles. The maximum absolute atomic E-state index is 12.9. The van der Waals surface area contributed by atoms with Crippen LogP contribution in [0, 0.1) is 5.92 Å². The average molecular weight is 297 g/mol. The van der Waals surface area contributed by atoms with Gasteiger partial charge in [-0.2, -0.15) is 21.6 Å². The lowest BCUT2D eigenvalue weighted by Crippen LogP contribution is -2.22. The maximum atomic E-state index is 12.9. The molecule has 1 rings (SSSR count). The smallest absolute Gasteiger partial charge is 0.286 e. The molecular weight excluding hydrogens is 283 g/mol. The summed E-state index contributed by atoms with van der Waals surface area (Å²) >= 11 is 0. The van der Waals surface area contributed by atoms with Gasteiger partial charge >= 0.3 is 6.18 Å². The monoisotopic (exact) mass is 297 g/mol. The highest BCUT2D eigenvalue weighted by Crippen LogP contribution is 2.37. The molecule has 1 atom stereocenters. The number of hydrogen-bond acceptors (Lipinski definition) is 3. The van der Waals surface area contributed by atoms with E-state index in [9.17, 15) is 21.6 Å². The molecule has 1 aromatic rings. The van der Waals surface area contributed by atoms with Gasteiger partial charge in [-0.1, -0.05) is 13.8 Å². The molecule has 19 heavy (non-hydrogen) atoms. The number of rotatable bonds is 4. The standard InChI is InChI=1S/C11H14F3NO3S/c1-7(2)9(6-19(16,17)18)8-5-15-4-3-10(8)11(12,13)14/h3-5,7,9H,6H2,1-2H3,(H,16,17,18). The molecule has 0 aromatic carbocycles. The first-order valence-corrected chi connectivity index (χ1v) is 7.09. The van der Waals surface area contributed by atoms with E-state index in [-0.39, 0.29) is 5.56 Å². The largest absolute Gasteiger partial charge is 0.416 e. The fraction of sp³-hybridized carbons (Fsp3) is 0.545. The van der Waals surface area contributed by atoms with Gasteiger partial charge in [-0.25, -0.2) is 0 Å². The van der Waals surface area contributed by atoms with Gasteiger partial charge in [0.25, 0.3) is 10.1 Å². The molecule has 1 N–H and O–H groups in total. The zero-order chi connectivity index (χ0) is 14.8. The Bertz CT molecular complexity index is 540. The van der Waals surface area contributed by atoms with E-state index >= 15 is 0 Å². The van der Waals surface area contributed by atoms with E-state index in [2.05, 4.69) is 4.98 Å².